The van der Waals surface area contributed by atoms with E-state index in [1.165, 1.54) is 109 Å². The Kier molecular flexibility index (Phi) is 21.8. The molecule has 0 rings (SSSR count). The van der Waals surface area contributed by atoms with Crippen LogP contribution >= 0.6 is 8.03 Å². The molecule has 0 fully saturated rings. The van der Waals surface area contributed by atoms with E-state index in [9.17, 15) is 9.46 Å². The van der Waals surface area contributed by atoms with E-state index < -0.39 is 13.3 Å². The highest BCUT2D eigenvalue weighted by Crippen LogP contribution is 2.45. The van der Waals surface area contributed by atoms with Crippen LogP contribution in [0.25, 0.3) is 0 Å². The number of quaternary nitrogens is 1. The summed E-state index contributed by atoms with van der Waals surface area (Å²) >= 11 is 0. The number of hydrogen-bond acceptors (Lipinski definition) is 2. The van der Waals surface area contributed by atoms with Crippen molar-refractivity contribution in [1.82, 2.24) is 0 Å². The maximum Gasteiger partial charge on any atom is 0.376 e. The predicted octanol–water partition coefficient (Wildman–Crippen LogP) is 9.67. The first kappa shape index (κ1) is 33.8. The van der Waals surface area contributed by atoms with Crippen molar-refractivity contribution in [3.8, 4) is 0 Å². The second-order valence-electron chi connectivity index (χ2n) is 11.5. The molecule has 2 atom stereocenters. The molecule has 0 spiro atoms. The highest BCUT2D eigenvalue weighted by Gasteiger charge is 2.53. The van der Waals surface area contributed by atoms with Crippen LogP contribution in [0.15, 0.2) is 12.2 Å². The van der Waals surface area contributed by atoms with Gasteiger partial charge in [0.2, 0.25) is 0 Å². The zero-order valence-electron chi connectivity index (χ0n) is 23.9. The summed E-state index contributed by atoms with van der Waals surface area (Å²) in [4.78, 5) is 12.1. The average molecular weight is 499 g/mol. The lowest BCUT2D eigenvalue weighted by molar-refractivity contribution is -0.910. The number of rotatable bonds is 25. The van der Waals surface area contributed by atoms with Gasteiger partial charge in [0.25, 0.3) is 5.28 Å². The molecule has 34 heavy (non-hydrogen) atoms. The Morgan fingerprint density at radius 3 is 1.32 bits per heavy atom. The standard InChI is InChI=1S/C30H61NO2P/c1-6-8-9-10-11-12-13-14-15-16-17-18-19-20-21-22-23-24-25-26-27-29-30(28-7-2,34(32)33)31(3,4)5/h16-17H,6-15,18-29H2,1-5H3/q+1/b17-16-. The van der Waals surface area contributed by atoms with Gasteiger partial charge in [-0.2, -0.15) is 0 Å². The van der Waals surface area contributed by atoms with Gasteiger partial charge in [0.05, 0.1) is 21.1 Å². The Hall–Kier alpha value is -0.240. The van der Waals surface area contributed by atoms with Crippen molar-refractivity contribution in [1.29, 1.82) is 0 Å². The smallest absolute Gasteiger partial charge is 0.376 e. The third-order valence-corrected chi connectivity index (χ3v) is 9.30. The van der Waals surface area contributed by atoms with Crippen LogP contribution in [0.2, 0.25) is 0 Å². The number of allylic oxidation sites excluding steroid dienone is 2. The number of hydrogen-bond donors (Lipinski definition) is 0. The van der Waals surface area contributed by atoms with Gasteiger partial charge in [-0.25, -0.2) is 0 Å². The van der Waals surface area contributed by atoms with E-state index in [1.54, 1.807) is 0 Å². The number of nitrogens with zero attached hydrogens (tertiary/aromatic N) is 1. The van der Waals surface area contributed by atoms with Crippen LogP contribution in [-0.2, 0) is 4.57 Å². The molecule has 0 aromatic heterocycles. The molecule has 0 saturated carbocycles. The first-order valence-electron chi connectivity index (χ1n) is 14.9. The van der Waals surface area contributed by atoms with Crippen LogP contribution in [0.5, 0.6) is 0 Å². The summed E-state index contributed by atoms with van der Waals surface area (Å²) in [6.45, 7) is 4.38. The van der Waals surface area contributed by atoms with E-state index in [0.29, 0.717) is 4.48 Å². The van der Waals surface area contributed by atoms with Gasteiger partial charge in [0, 0.05) is 12.8 Å². The minimum atomic E-state index is -2.42. The minimum Gasteiger partial charge on any atom is -0.590 e. The molecule has 4 heteroatoms. The van der Waals surface area contributed by atoms with Gasteiger partial charge in [0.1, 0.15) is 0 Å². The Morgan fingerprint density at radius 2 is 0.971 bits per heavy atom. The lowest BCUT2D eigenvalue weighted by Gasteiger charge is -2.39. The molecule has 2 unspecified atom stereocenters. The van der Waals surface area contributed by atoms with Crippen molar-refractivity contribution >= 4 is 8.03 Å². The minimum absolute atomic E-state index is 0.522. The van der Waals surface area contributed by atoms with Crippen LogP contribution in [0.3, 0.4) is 0 Å². The van der Waals surface area contributed by atoms with Crippen molar-refractivity contribution < 1.29 is 13.9 Å². The first-order valence-corrected chi connectivity index (χ1v) is 16.1. The third kappa shape index (κ3) is 16.4. The van der Waals surface area contributed by atoms with Crippen LogP contribution in [0, 0.1) is 0 Å². The fourth-order valence-corrected chi connectivity index (χ4v) is 6.40. The zero-order valence-corrected chi connectivity index (χ0v) is 24.8. The lowest BCUT2D eigenvalue weighted by Crippen LogP contribution is -2.55. The molecule has 0 aromatic carbocycles. The van der Waals surface area contributed by atoms with Crippen LogP contribution in [0.4, 0.5) is 0 Å². The molecule has 0 N–H and O–H groups in total. The topological polar surface area (TPSA) is 40.1 Å². The first-order chi connectivity index (χ1) is 16.3. The van der Waals surface area contributed by atoms with Gasteiger partial charge >= 0.3 is 8.03 Å². The van der Waals surface area contributed by atoms with Gasteiger partial charge in [-0.05, 0) is 38.5 Å². The molecule has 3 nitrogen and oxygen atoms in total. The summed E-state index contributed by atoms with van der Waals surface area (Å²) in [6, 6.07) is 0. The van der Waals surface area contributed by atoms with Crippen molar-refractivity contribution in [2.24, 2.45) is 0 Å². The molecule has 202 valence electrons. The van der Waals surface area contributed by atoms with E-state index in [2.05, 4.69) is 26.0 Å². The van der Waals surface area contributed by atoms with Crippen molar-refractivity contribution in [2.75, 3.05) is 21.1 Å². The maximum atomic E-state index is 12.1. The van der Waals surface area contributed by atoms with E-state index in [0.717, 1.165) is 32.1 Å². The van der Waals surface area contributed by atoms with Gasteiger partial charge in [-0.1, -0.05) is 120 Å². The highest BCUT2D eigenvalue weighted by molar-refractivity contribution is 7.38. The molecule has 0 aliphatic heterocycles. The molecule has 0 bridgehead atoms. The Morgan fingerprint density at radius 1 is 0.588 bits per heavy atom. The second kappa shape index (κ2) is 22.0. The maximum absolute atomic E-state index is 12.1. The molecule has 0 aliphatic rings. The zero-order chi connectivity index (χ0) is 25.5. The Balaban J connectivity index is 3.57. The lowest BCUT2D eigenvalue weighted by atomic mass is 9.99. The van der Waals surface area contributed by atoms with E-state index in [4.69, 9.17) is 0 Å². The van der Waals surface area contributed by atoms with Gasteiger partial charge in [0.15, 0.2) is 0 Å². The van der Waals surface area contributed by atoms with E-state index >= 15 is 0 Å². The molecule has 0 heterocycles. The van der Waals surface area contributed by atoms with Crippen LogP contribution in [-0.4, -0.2) is 30.9 Å². The molecule has 0 aromatic rings. The van der Waals surface area contributed by atoms with Gasteiger partial charge in [-0.15, -0.1) is 0 Å². The monoisotopic (exact) mass is 498 g/mol. The van der Waals surface area contributed by atoms with E-state index in [-0.39, 0.29) is 0 Å². The number of unbranched alkanes of at least 4 members (excludes halogenated alkanes) is 17. The highest BCUT2D eigenvalue weighted by atomic mass is 31.1. The molecule has 0 radical (unpaired) electrons. The predicted molar refractivity (Wildman–Crippen MR) is 150 cm³/mol. The van der Waals surface area contributed by atoms with Crippen molar-refractivity contribution in [3.05, 3.63) is 12.2 Å². The van der Waals surface area contributed by atoms with Crippen molar-refractivity contribution in [3.63, 3.8) is 0 Å². The SMILES string of the molecule is CCCCCCCCCC/C=C\CCCCCCCCCCCC(CCC)([P+](=O)[O-])[N+](C)(C)C. The van der Waals surface area contributed by atoms with E-state index in [1.807, 2.05) is 21.1 Å². The fraction of sp³-hybridized carbons (Fsp3) is 0.933. The summed E-state index contributed by atoms with van der Waals surface area (Å²) < 4.78 is 12.6. The third-order valence-electron chi connectivity index (χ3n) is 7.58. The second-order valence-corrected chi connectivity index (χ2v) is 12.8. The van der Waals surface area contributed by atoms with Gasteiger partial charge in [-0.3, -0.25) is 4.48 Å². The largest absolute Gasteiger partial charge is 0.590 e. The summed E-state index contributed by atoms with van der Waals surface area (Å²) in [7, 11) is 3.68. The normalized spacial score (nSPS) is 14.6. The fourth-order valence-electron chi connectivity index (χ4n) is 5.16. The van der Waals surface area contributed by atoms with Crippen LogP contribution < -0.4 is 4.89 Å². The molecular formula is C30H61NO2P+. The molecular weight excluding hydrogens is 437 g/mol. The van der Waals surface area contributed by atoms with Crippen LogP contribution in [0.1, 0.15) is 155 Å². The summed E-state index contributed by atoms with van der Waals surface area (Å²) in [5, 5.41) is -0.591. The quantitative estimate of drug-likeness (QED) is 0.0544. The molecule has 0 saturated heterocycles. The van der Waals surface area contributed by atoms with Crippen molar-refractivity contribution in [2.45, 2.75) is 160 Å². The Labute approximate surface area is 215 Å². The Bertz CT molecular complexity index is 501. The summed E-state index contributed by atoms with van der Waals surface area (Å²) in [6.07, 6.45) is 32.6. The summed E-state index contributed by atoms with van der Waals surface area (Å²) in [5.41, 5.74) is 0. The average Bonchev–Trinajstić information content (AvgIpc) is 2.78. The summed E-state index contributed by atoms with van der Waals surface area (Å²) in [5.74, 6) is 0. The molecule has 0 aliphatic carbocycles. The molecule has 0 amide bonds. The van der Waals surface area contributed by atoms with Gasteiger partial charge < -0.3 is 4.89 Å².